The van der Waals surface area contributed by atoms with Crippen LogP contribution < -0.4 is 0 Å². The molecule has 0 heterocycles. The number of rotatable bonds is 4. The minimum atomic E-state index is -1.99. The maximum Gasteiger partial charge on any atom is 0.192 e. The van der Waals surface area contributed by atoms with E-state index in [1.807, 2.05) is 0 Å². The van der Waals surface area contributed by atoms with Gasteiger partial charge in [-0.25, -0.2) is 0 Å². The van der Waals surface area contributed by atoms with Crippen LogP contribution in [0.3, 0.4) is 0 Å². The molecule has 6 atom stereocenters. The third-order valence-corrected chi connectivity index (χ3v) is 20.8. The number of fused-ring (bicyclic) bond motifs is 5. The lowest BCUT2D eigenvalue weighted by molar-refractivity contribution is -0.128. The Morgan fingerprint density at radius 1 is 0.861 bits per heavy atom. The summed E-state index contributed by atoms with van der Waals surface area (Å²) in [5.74, 6) is 1.38. The van der Waals surface area contributed by atoms with Crippen molar-refractivity contribution >= 4 is 22.4 Å². The number of carbonyl (C=O) groups excluding carboxylic acids is 1. The molecular weight excluding hydrogens is 477 g/mol. The average molecular weight is 531 g/mol. The van der Waals surface area contributed by atoms with Gasteiger partial charge >= 0.3 is 0 Å². The topological polar surface area (TPSA) is 35.5 Å². The van der Waals surface area contributed by atoms with Crippen LogP contribution in [-0.2, 0) is 13.6 Å². The van der Waals surface area contributed by atoms with E-state index < -0.39 is 16.6 Å². The molecule has 0 bridgehead atoms. The van der Waals surface area contributed by atoms with Crippen molar-refractivity contribution in [1.29, 1.82) is 0 Å². The summed E-state index contributed by atoms with van der Waals surface area (Å²) in [5.41, 5.74) is 2.92. The number of Topliss-reactive ketones (excluding diaryl/α,β-unsaturated/α-hetero) is 1. The number of carbonyl (C=O) groups is 1. The SMILES string of the molecule is CC(C)(C)[Si](C)(C)O[C@@H]1CC2=CC=C3[C@H](CC[C@]4(C)C(=O)CC[C@@H]34)[C@@]2(C)[C@@H](O[Si](C)(C)C(C)(C)C)C1. The van der Waals surface area contributed by atoms with E-state index >= 15 is 0 Å². The first kappa shape index (κ1) is 28.5. The summed E-state index contributed by atoms with van der Waals surface area (Å²) in [7, 11) is -3.89. The summed E-state index contributed by atoms with van der Waals surface area (Å²) in [5, 5.41) is 0.358. The highest BCUT2D eigenvalue weighted by Gasteiger charge is 2.60. The molecule has 0 aromatic carbocycles. The van der Waals surface area contributed by atoms with E-state index in [4.69, 9.17) is 8.85 Å². The van der Waals surface area contributed by atoms with Gasteiger partial charge in [0.2, 0.25) is 0 Å². The molecule has 0 N–H and O–H groups in total. The van der Waals surface area contributed by atoms with Gasteiger partial charge in [0.25, 0.3) is 0 Å². The standard InChI is InChI=1S/C31H54O3Si2/c1-28(2,3)35(9,10)33-22-19-21-13-14-23-24-15-16-26(32)30(24,7)18-17-25(23)31(21,8)27(20-22)34-36(11,12)29(4,5)6/h13-14,22,24-25,27H,15-20H2,1-12H3/t22-,24+,25+,27+,30+,31+/m1/s1. The number of hydrogen-bond acceptors (Lipinski definition) is 3. The molecule has 0 saturated heterocycles. The molecule has 3 fully saturated rings. The molecule has 36 heavy (non-hydrogen) atoms. The van der Waals surface area contributed by atoms with Crippen molar-refractivity contribution < 1.29 is 13.6 Å². The molecule has 5 heteroatoms. The van der Waals surface area contributed by atoms with Gasteiger partial charge in [0.1, 0.15) is 5.78 Å². The fourth-order valence-electron chi connectivity index (χ4n) is 7.17. The molecule has 0 aromatic heterocycles. The van der Waals surface area contributed by atoms with Crippen LogP contribution in [0.2, 0.25) is 36.3 Å². The third kappa shape index (κ3) is 4.42. The summed E-state index contributed by atoms with van der Waals surface area (Å²) in [6.07, 6.45) is 11.2. The highest BCUT2D eigenvalue weighted by Crippen LogP contribution is 2.63. The average Bonchev–Trinajstić information content (AvgIpc) is 3.01. The third-order valence-electron chi connectivity index (χ3n) is 11.8. The second-order valence-electron chi connectivity index (χ2n) is 16.0. The van der Waals surface area contributed by atoms with Crippen LogP contribution in [0.4, 0.5) is 0 Å². The van der Waals surface area contributed by atoms with Crippen molar-refractivity contribution in [2.45, 2.75) is 142 Å². The van der Waals surface area contributed by atoms with E-state index in [0.717, 1.165) is 38.5 Å². The van der Waals surface area contributed by atoms with Crippen molar-refractivity contribution in [1.82, 2.24) is 0 Å². The van der Waals surface area contributed by atoms with Gasteiger partial charge in [-0.15, -0.1) is 0 Å². The van der Waals surface area contributed by atoms with Crippen LogP contribution in [0.1, 0.15) is 93.9 Å². The van der Waals surface area contributed by atoms with Gasteiger partial charge in [-0.2, -0.15) is 0 Å². The molecule has 0 amide bonds. The largest absolute Gasteiger partial charge is 0.414 e. The Labute approximate surface area is 224 Å². The Morgan fingerprint density at radius 2 is 1.44 bits per heavy atom. The van der Waals surface area contributed by atoms with Crippen LogP contribution in [0.5, 0.6) is 0 Å². The maximum absolute atomic E-state index is 12.9. The van der Waals surface area contributed by atoms with Crippen molar-refractivity contribution in [3.63, 3.8) is 0 Å². The monoisotopic (exact) mass is 530 g/mol. The number of allylic oxidation sites excluding steroid dienone is 3. The molecule has 4 rings (SSSR count). The van der Waals surface area contributed by atoms with Gasteiger partial charge < -0.3 is 8.85 Å². The van der Waals surface area contributed by atoms with Crippen molar-refractivity contribution in [2.24, 2.45) is 22.7 Å². The molecule has 204 valence electrons. The Bertz CT molecular complexity index is 963. The first-order valence-corrected chi connectivity index (χ1v) is 20.4. The zero-order valence-electron chi connectivity index (χ0n) is 25.4. The molecule has 4 aliphatic rings. The Morgan fingerprint density at radius 3 is 2.03 bits per heavy atom. The van der Waals surface area contributed by atoms with Gasteiger partial charge in [0, 0.05) is 17.3 Å². The summed E-state index contributed by atoms with van der Waals surface area (Å²) in [4.78, 5) is 12.9. The molecule has 0 radical (unpaired) electrons. The van der Waals surface area contributed by atoms with Crippen molar-refractivity contribution in [2.75, 3.05) is 0 Å². The highest BCUT2D eigenvalue weighted by atomic mass is 28.4. The fourth-order valence-corrected chi connectivity index (χ4v) is 9.94. The van der Waals surface area contributed by atoms with E-state index in [0.29, 0.717) is 17.6 Å². The molecule has 0 spiro atoms. The zero-order valence-corrected chi connectivity index (χ0v) is 27.4. The Balaban J connectivity index is 1.74. The summed E-state index contributed by atoms with van der Waals surface area (Å²) >= 11 is 0. The second kappa shape index (κ2) is 8.76. The van der Waals surface area contributed by atoms with Crippen molar-refractivity contribution in [3.8, 4) is 0 Å². The van der Waals surface area contributed by atoms with Crippen LogP contribution in [0.15, 0.2) is 23.3 Å². The zero-order chi connectivity index (χ0) is 27.1. The molecule has 4 aliphatic carbocycles. The van der Waals surface area contributed by atoms with E-state index in [1.54, 1.807) is 5.57 Å². The molecule has 0 aromatic rings. The predicted octanol–water partition coefficient (Wildman–Crippen LogP) is 8.83. The van der Waals surface area contributed by atoms with Gasteiger partial charge in [-0.1, -0.05) is 78.7 Å². The predicted molar refractivity (Wildman–Crippen MR) is 156 cm³/mol. The van der Waals surface area contributed by atoms with Crippen LogP contribution >= 0.6 is 0 Å². The first-order valence-electron chi connectivity index (χ1n) is 14.5. The minimum absolute atomic E-state index is 0.0140. The summed E-state index contributed by atoms with van der Waals surface area (Å²) in [6, 6.07) is 0. The second-order valence-corrected chi connectivity index (χ2v) is 25.5. The lowest BCUT2D eigenvalue weighted by Crippen LogP contribution is -2.58. The lowest BCUT2D eigenvalue weighted by atomic mass is 9.50. The number of hydrogen-bond donors (Lipinski definition) is 0. The van der Waals surface area contributed by atoms with Gasteiger partial charge in [-0.3, -0.25) is 4.79 Å². The minimum Gasteiger partial charge on any atom is -0.414 e. The normalized spacial score (nSPS) is 37.6. The maximum atomic E-state index is 12.9. The number of ketones is 1. The first-order chi connectivity index (χ1) is 16.2. The van der Waals surface area contributed by atoms with E-state index in [2.05, 4.69) is 93.7 Å². The van der Waals surface area contributed by atoms with Crippen LogP contribution in [-0.4, -0.2) is 34.6 Å². The van der Waals surface area contributed by atoms with Gasteiger partial charge in [0.15, 0.2) is 16.6 Å². The Kier molecular flexibility index (Phi) is 6.94. The molecule has 3 nitrogen and oxygen atoms in total. The quantitative estimate of drug-likeness (QED) is 0.341. The molecule has 0 unspecified atom stereocenters. The van der Waals surface area contributed by atoms with E-state index in [1.165, 1.54) is 5.57 Å². The van der Waals surface area contributed by atoms with Crippen molar-refractivity contribution in [3.05, 3.63) is 23.3 Å². The molecule has 0 aliphatic heterocycles. The van der Waals surface area contributed by atoms with E-state index in [-0.39, 0.29) is 33.1 Å². The Hall–Kier alpha value is -0.496. The van der Waals surface area contributed by atoms with Gasteiger partial charge in [-0.05, 0) is 80.2 Å². The van der Waals surface area contributed by atoms with Gasteiger partial charge in [0.05, 0.1) is 12.2 Å². The molecular formula is C31H54O3Si2. The summed E-state index contributed by atoms with van der Waals surface area (Å²) in [6.45, 7) is 28.4. The fraction of sp³-hybridized carbons (Fsp3) is 0.839. The lowest BCUT2D eigenvalue weighted by Gasteiger charge is -2.58. The molecule has 3 saturated carbocycles. The highest BCUT2D eigenvalue weighted by molar-refractivity contribution is 6.74. The summed E-state index contributed by atoms with van der Waals surface area (Å²) < 4.78 is 14.5. The smallest absolute Gasteiger partial charge is 0.192 e. The van der Waals surface area contributed by atoms with Crippen LogP contribution in [0, 0.1) is 22.7 Å². The van der Waals surface area contributed by atoms with E-state index in [9.17, 15) is 4.79 Å². The van der Waals surface area contributed by atoms with Crippen LogP contribution in [0.25, 0.3) is 0 Å².